The molecule has 4 heteroatoms. The third-order valence-corrected chi connectivity index (χ3v) is 6.16. The number of halogens is 1. The van der Waals surface area contributed by atoms with Crippen molar-refractivity contribution >= 4 is 21.4 Å². The molecule has 0 aliphatic heterocycles. The van der Waals surface area contributed by atoms with Crippen molar-refractivity contribution in [2.45, 2.75) is 50.0 Å². The van der Waals surface area contributed by atoms with E-state index in [0.29, 0.717) is 5.02 Å². The highest BCUT2D eigenvalue weighted by atomic mass is 35.5. The Bertz CT molecular complexity index is 517. The maximum absolute atomic E-state index is 12.4. The van der Waals surface area contributed by atoms with Crippen LogP contribution in [0.5, 0.6) is 0 Å². The molecule has 1 aromatic carbocycles. The van der Waals surface area contributed by atoms with Crippen molar-refractivity contribution in [3.8, 4) is 0 Å². The van der Waals surface area contributed by atoms with Crippen LogP contribution in [0.2, 0.25) is 5.02 Å². The number of rotatable bonds is 3. The van der Waals surface area contributed by atoms with Gasteiger partial charge < -0.3 is 0 Å². The zero-order valence-corrected chi connectivity index (χ0v) is 12.2. The molecular weight excluding hydrogens is 268 g/mol. The fourth-order valence-electron chi connectivity index (χ4n) is 2.58. The summed E-state index contributed by atoms with van der Waals surface area (Å²) in [5.74, 6) is 0.153. The molecule has 0 atom stereocenters. The summed E-state index contributed by atoms with van der Waals surface area (Å²) in [6.07, 6.45) is 4.92. The van der Waals surface area contributed by atoms with E-state index in [0.717, 1.165) is 36.8 Å². The van der Waals surface area contributed by atoms with E-state index in [4.69, 9.17) is 11.6 Å². The molecule has 0 bridgehead atoms. The molecule has 100 valence electrons. The molecule has 1 saturated carbocycles. The Hall–Kier alpha value is -0.540. The summed E-state index contributed by atoms with van der Waals surface area (Å²) >= 11 is 5.89. The van der Waals surface area contributed by atoms with Gasteiger partial charge in [-0.15, -0.1) is 0 Å². The highest BCUT2D eigenvalue weighted by Gasteiger charge is 2.27. The monoisotopic (exact) mass is 286 g/mol. The molecule has 0 saturated heterocycles. The Morgan fingerprint density at radius 2 is 1.89 bits per heavy atom. The lowest BCUT2D eigenvalue weighted by molar-refractivity contribution is 0.483. The van der Waals surface area contributed by atoms with Crippen LogP contribution in [0, 0.1) is 6.92 Å². The number of aryl methyl sites for hydroxylation is 1. The second-order valence-electron chi connectivity index (χ2n) is 5.14. The Balaban J connectivity index is 2.16. The normalized spacial score (nSPS) is 17.9. The van der Waals surface area contributed by atoms with Crippen molar-refractivity contribution in [2.24, 2.45) is 0 Å². The second kappa shape index (κ2) is 5.62. The first-order valence-electron chi connectivity index (χ1n) is 6.45. The minimum Gasteiger partial charge on any atom is -0.228 e. The molecule has 2 nitrogen and oxygen atoms in total. The lowest BCUT2D eigenvalue weighted by Crippen LogP contribution is -2.25. The minimum absolute atomic E-state index is 0.138. The lowest BCUT2D eigenvalue weighted by Gasteiger charge is -2.22. The van der Waals surface area contributed by atoms with Crippen molar-refractivity contribution in [1.29, 1.82) is 0 Å². The third-order valence-electron chi connectivity index (χ3n) is 3.72. The summed E-state index contributed by atoms with van der Waals surface area (Å²) in [4.78, 5) is 0. The van der Waals surface area contributed by atoms with E-state index in [-0.39, 0.29) is 11.0 Å². The van der Waals surface area contributed by atoms with Gasteiger partial charge in [0.2, 0.25) is 0 Å². The van der Waals surface area contributed by atoms with Crippen LogP contribution in [0.4, 0.5) is 0 Å². The van der Waals surface area contributed by atoms with E-state index in [1.165, 1.54) is 6.42 Å². The van der Waals surface area contributed by atoms with Gasteiger partial charge in [-0.05, 0) is 43.0 Å². The van der Waals surface area contributed by atoms with Gasteiger partial charge in [-0.2, -0.15) is 0 Å². The SMILES string of the molecule is Cc1cc(Cl)ccc1CS(=O)(=O)C1CCCCC1. The third kappa shape index (κ3) is 3.27. The molecule has 0 radical (unpaired) electrons. The minimum atomic E-state index is -3.01. The molecule has 0 N–H and O–H groups in total. The summed E-state index contributed by atoms with van der Waals surface area (Å²) in [7, 11) is -3.01. The topological polar surface area (TPSA) is 34.1 Å². The molecule has 18 heavy (non-hydrogen) atoms. The van der Waals surface area contributed by atoms with Gasteiger partial charge in [0, 0.05) is 5.02 Å². The number of sulfone groups is 1. The van der Waals surface area contributed by atoms with Crippen LogP contribution in [0.15, 0.2) is 18.2 Å². The zero-order valence-electron chi connectivity index (χ0n) is 10.7. The first-order valence-corrected chi connectivity index (χ1v) is 8.55. The van der Waals surface area contributed by atoms with Gasteiger partial charge >= 0.3 is 0 Å². The standard InChI is InChI=1S/C14H19ClO2S/c1-11-9-13(15)8-7-12(11)10-18(16,17)14-5-3-2-4-6-14/h7-9,14H,2-6,10H2,1H3. The van der Waals surface area contributed by atoms with Crippen molar-refractivity contribution in [2.75, 3.05) is 0 Å². The van der Waals surface area contributed by atoms with Crippen molar-refractivity contribution in [3.63, 3.8) is 0 Å². The van der Waals surface area contributed by atoms with Gasteiger partial charge in [0.05, 0.1) is 11.0 Å². The maximum Gasteiger partial charge on any atom is 0.157 e. The molecule has 1 aliphatic carbocycles. The fraction of sp³-hybridized carbons (Fsp3) is 0.571. The average Bonchev–Trinajstić information content (AvgIpc) is 2.34. The van der Waals surface area contributed by atoms with E-state index in [1.807, 2.05) is 19.1 Å². The van der Waals surface area contributed by atoms with E-state index >= 15 is 0 Å². The summed E-state index contributed by atoms with van der Waals surface area (Å²) in [6.45, 7) is 1.91. The maximum atomic E-state index is 12.4. The second-order valence-corrected chi connectivity index (χ2v) is 7.86. The van der Waals surface area contributed by atoms with Gasteiger partial charge in [-0.1, -0.05) is 36.9 Å². The van der Waals surface area contributed by atoms with E-state index < -0.39 is 9.84 Å². The fourth-order valence-corrected chi connectivity index (χ4v) is 4.85. The highest BCUT2D eigenvalue weighted by molar-refractivity contribution is 7.91. The summed E-state index contributed by atoms with van der Waals surface area (Å²) in [6, 6.07) is 5.42. The number of hydrogen-bond acceptors (Lipinski definition) is 2. The quantitative estimate of drug-likeness (QED) is 0.844. The van der Waals surface area contributed by atoms with Gasteiger partial charge in [-0.3, -0.25) is 0 Å². The van der Waals surface area contributed by atoms with Crippen LogP contribution in [-0.4, -0.2) is 13.7 Å². The Labute approximate surface area is 114 Å². The van der Waals surface area contributed by atoms with Gasteiger partial charge in [0.15, 0.2) is 9.84 Å². The first-order chi connectivity index (χ1) is 8.49. The van der Waals surface area contributed by atoms with Gasteiger partial charge in [-0.25, -0.2) is 8.42 Å². The van der Waals surface area contributed by atoms with Gasteiger partial charge in [0.25, 0.3) is 0 Å². The van der Waals surface area contributed by atoms with E-state index in [9.17, 15) is 8.42 Å². The van der Waals surface area contributed by atoms with Crippen LogP contribution < -0.4 is 0 Å². The Kier molecular flexibility index (Phi) is 4.33. The Morgan fingerprint density at radius 1 is 1.22 bits per heavy atom. The molecule has 1 aromatic rings. The van der Waals surface area contributed by atoms with Crippen molar-refractivity contribution in [1.82, 2.24) is 0 Å². The molecule has 0 unspecified atom stereocenters. The molecule has 1 aliphatic rings. The predicted molar refractivity (Wildman–Crippen MR) is 75.7 cm³/mol. The summed E-state index contributed by atoms with van der Waals surface area (Å²) < 4.78 is 24.7. The predicted octanol–water partition coefficient (Wildman–Crippen LogP) is 3.90. The molecular formula is C14H19ClO2S. The first kappa shape index (κ1) is 13.9. The summed E-state index contributed by atoms with van der Waals surface area (Å²) in [5, 5.41) is 0.521. The van der Waals surface area contributed by atoms with Crippen LogP contribution in [0.25, 0.3) is 0 Å². The van der Waals surface area contributed by atoms with Crippen molar-refractivity contribution in [3.05, 3.63) is 34.3 Å². The van der Waals surface area contributed by atoms with E-state index in [1.54, 1.807) is 6.07 Å². The average molecular weight is 287 g/mol. The van der Waals surface area contributed by atoms with Gasteiger partial charge in [0.1, 0.15) is 0 Å². The van der Waals surface area contributed by atoms with Crippen LogP contribution in [-0.2, 0) is 15.6 Å². The molecule has 0 amide bonds. The molecule has 0 spiro atoms. The van der Waals surface area contributed by atoms with Crippen LogP contribution >= 0.6 is 11.6 Å². The summed E-state index contributed by atoms with van der Waals surface area (Å²) in [5.41, 5.74) is 1.84. The highest BCUT2D eigenvalue weighted by Crippen LogP contribution is 2.27. The number of hydrogen-bond donors (Lipinski definition) is 0. The molecule has 1 fully saturated rings. The molecule has 0 heterocycles. The van der Waals surface area contributed by atoms with E-state index in [2.05, 4.69) is 0 Å². The Morgan fingerprint density at radius 3 is 2.50 bits per heavy atom. The molecule has 0 aromatic heterocycles. The number of benzene rings is 1. The lowest BCUT2D eigenvalue weighted by atomic mass is 10.0. The molecule has 2 rings (SSSR count). The zero-order chi connectivity index (χ0) is 13.2. The van der Waals surface area contributed by atoms with Crippen LogP contribution in [0.3, 0.4) is 0 Å². The van der Waals surface area contributed by atoms with Crippen LogP contribution in [0.1, 0.15) is 43.2 Å². The van der Waals surface area contributed by atoms with Crippen molar-refractivity contribution < 1.29 is 8.42 Å². The smallest absolute Gasteiger partial charge is 0.157 e. The largest absolute Gasteiger partial charge is 0.228 e.